The molecular formula is C18H26O2. The van der Waals surface area contributed by atoms with Gasteiger partial charge in [0.15, 0.2) is 0 Å². The van der Waals surface area contributed by atoms with E-state index in [1.54, 1.807) is 0 Å². The van der Waals surface area contributed by atoms with Crippen molar-refractivity contribution < 1.29 is 9.53 Å². The summed E-state index contributed by atoms with van der Waals surface area (Å²) in [5.41, 5.74) is 2.12. The van der Waals surface area contributed by atoms with Gasteiger partial charge in [-0.1, -0.05) is 38.5 Å². The fourth-order valence-electron chi connectivity index (χ4n) is 2.99. The molecule has 0 radical (unpaired) electrons. The Morgan fingerprint density at radius 1 is 1.30 bits per heavy atom. The average molecular weight is 274 g/mol. The number of esters is 1. The second kappa shape index (κ2) is 5.99. The van der Waals surface area contributed by atoms with Gasteiger partial charge in [0.2, 0.25) is 0 Å². The highest BCUT2D eigenvalue weighted by Crippen LogP contribution is 2.42. The predicted molar refractivity (Wildman–Crippen MR) is 81.8 cm³/mol. The van der Waals surface area contributed by atoms with Crippen LogP contribution in [0.15, 0.2) is 24.3 Å². The number of hydrogen-bond donors (Lipinski definition) is 0. The maximum absolute atomic E-state index is 12.2. The Bertz CT molecular complexity index is 461. The van der Waals surface area contributed by atoms with Crippen molar-refractivity contribution in [3.05, 3.63) is 35.4 Å². The van der Waals surface area contributed by atoms with Crippen molar-refractivity contribution >= 4 is 5.97 Å². The highest BCUT2D eigenvalue weighted by atomic mass is 16.5. The molecule has 110 valence electrons. The van der Waals surface area contributed by atoms with Crippen LogP contribution in [-0.4, -0.2) is 12.1 Å². The summed E-state index contributed by atoms with van der Waals surface area (Å²) in [7, 11) is 0. The van der Waals surface area contributed by atoms with Crippen LogP contribution in [-0.2, 0) is 4.74 Å². The summed E-state index contributed by atoms with van der Waals surface area (Å²) in [5.74, 6) is 0.450. The van der Waals surface area contributed by atoms with Gasteiger partial charge in [0.25, 0.3) is 0 Å². The van der Waals surface area contributed by atoms with Crippen LogP contribution in [0, 0.1) is 18.3 Å². The summed E-state index contributed by atoms with van der Waals surface area (Å²) in [5, 5.41) is 0. The Kier molecular flexibility index (Phi) is 4.52. The molecule has 0 N–H and O–H groups in total. The van der Waals surface area contributed by atoms with E-state index in [0.29, 0.717) is 16.9 Å². The quantitative estimate of drug-likeness (QED) is 0.743. The topological polar surface area (TPSA) is 26.3 Å². The van der Waals surface area contributed by atoms with Gasteiger partial charge in [-0.15, -0.1) is 0 Å². The first-order chi connectivity index (χ1) is 9.40. The Balaban J connectivity index is 1.99. The largest absolute Gasteiger partial charge is 0.459 e. The van der Waals surface area contributed by atoms with Gasteiger partial charge in [-0.05, 0) is 56.1 Å². The van der Waals surface area contributed by atoms with E-state index < -0.39 is 0 Å². The molecule has 2 unspecified atom stereocenters. The van der Waals surface area contributed by atoms with E-state index in [2.05, 4.69) is 20.8 Å². The molecule has 2 atom stereocenters. The molecular weight excluding hydrogens is 248 g/mol. The Labute approximate surface area is 122 Å². The normalized spacial score (nSPS) is 26.6. The van der Waals surface area contributed by atoms with Crippen LogP contribution in [0.25, 0.3) is 0 Å². The maximum atomic E-state index is 12.2. The number of aryl methyl sites for hydroxylation is 1. The summed E-state index contributed by atoms with van der Waals surface area (Å²) in [6, 6.07) is 7.61. The van der Waals surface area contributed by atoms with Gasteiger partial charge in [0, 0.05) is 0 Å². The summed E-state index contributed by atoms with van der Waals surface area (Å²) < 4.78 is 5.72. The molecule has 1 aliphatic rings. The standard InChI is InChI=1S/C18H26O2/c1-13(2)18(4)11-5-6-16(12-18)20-17(19)15-9-7-14(3)8-10-15/h7-10,13,16H,5-6,11-12H2,1-4H3. The van der Waals surface area contributed by atoms with Crippen molar-refractivity contribution in [2.75, 3.05) is 0 Å². The second-order valence-electron chi connectivity index (χ2n) is 6.80. The molecule has 0 heterocycles. The minimum absolute atomic E-state index is 0.0740. The Morgan fingerprint density at radius 3 is 2.55 bits per heavy atom. The zero-order chi connectivity index (χ0) is 14.8. The molecule has 2 rings (SSSR count). The second-order valence-corrected chi connectivity index (χ2v) is 6.80. The SMILES string of the molecule is Cc1ccc(C(=O)OC2CCCC(C)(C(C)C)C2)cc1. The third-order valence-electron chi connectivity index (χ3n) is 4.92. The molecule has 1 aromatic carbocycles. The van der Waals surface area contributed by atoms with Crippen molar-refractivity contribution in [3.8, 4) is 0 Å². The third kappa shape index (κ3) is 3.41. The molecule has 1 aromatic rings. The summed E-state index contributed by atoms with van der Waals surface area (Å²) in [6.45, 7) is 8.88. The molecule has 0 spiro atoms. The summed E-state index contributed by atoms with van der Waals surface area (Å²) >= 11 is 0. The van der Waals surface area contributed by atoms with Crippen molar-refractivity contribution in [2.45, 2.75) is 59.5 Å². The van der Waals surface area contributed by atoms with Gasteiger partial charge < -0.3 is 4.74 Å². The highest BCUT2D eigenvalue weighted by Gasteiger charge is 2.36. The summed E-state index contributed by atoms with van der Waals surface area (Å²) in [6.07, 6.45) is 4.45. The van der Waals surface area contributed by atoms with E-state index in [9.17, 15) is 4.79 Å². The van der Waals surface area contributed by atoms with Crippen LogP contribution < -0.4 is 0 Å². The molecule has 2 heteroatoms. The first-order valence-electron chi connectivity index (χ1n) is 7.68. The van der Waals surface area contributed by atoms with Gasteiger partial charge in [-0.3, -0.25) is 0 Å². The van der Waals surface area contributed by atoms with Gasteiger partial charge in [0.1, 0.15) is 6.10 Å². The summed E-state index contributed by atoms with van der Waals surface area (Å²) in [4.78, 5) is 12.2. The number of ether oxygens (including phenoxy) is 1. The molecule has 20 heavy (non-hydrogen) atoms. The third-order valence-corrected chi connectivity index (χ3v) is 4.92. The number of carbonyl (C=O) groups is 1. The van der Waals surface area contributed by atoms with Crippen LogP contribution in [0.2, 0.25) is 0 Å². The lowest BCUT2D eigenvalue weighted by atomic mass is 9.67. The molecule has 0 amide bonds. The van der Waals surface area contributed by atoms with Crippen LogP contribution in [0.4, 0.5) is 0 Å². The van der Waals surface area contributed by atoms with Crippen molar-refractivity contribution in [3.63, 3.8) is 0 Å². The molecule has 0 aromatic heterocycles. The molecule has 1 aliphatic carbocycles. The van der Waals surface area contributed by atoms with E-state index in [-0.39, 0.29) is 12.1 Å². The first kappa shape index (κ1) is 15.1. The van der Waals surface area contributed by atoms with Crippen molar-refractivity contribution in [1.29, 1.82) is 0 Å². The maximum Gasteiger partial charge on any atom is 0.338 e. The van der Waals surface area contributed by atoms with E-state index in [0.717, 1.165) is 24.8 Å². The lowest BCUT2D eigenvalue weighted by molar-refractivity contribution is -0.00991. The fraction of sp³-hybridized carbons (Fsp3) is 0.611. The minimum atomic E-state index is -0.178. The van der Waals surface area contributed by atoms with E-state index in [4.69, 9.17) is 4.74 Å². The number of carbonyl (C=O) groups excluding carboxylic acids is 1. The smallest absolute Gasteiger partial charge is 0.338 e. The molecule has 1 fully saturated rings. The zero-order valence-corrected chi connectivity index (χ0v) is 13.1. The number of benzene rings is 1. The van der Waals surface area contributed by atoms with Gasteiger partial charge in [0.05, 0.1) is 5.56 Å². The first-order valence-corrected chi connectivity index (χ1v) is 7.68. The number of rotatable bonds is 3. The van der Waals surface area contributed by atoms with Crippen LogP contribution >= 0.6 is 0 Å². The van der Waals surface area contributed by atoms with Crippen LogP contribution in [0.5, 0.6) is 0 Å². The Morgan fingerprint density at radius 2 is 1.95 bits per heavy atom. The predicted octanol–water partition coefficient (Wildman–Crippen LogP) is 4.76. The molecule has 0 aliphatic heterocycles. The fourth-order valence-corrected chi connectivity index (χ4v) is 2.99. The van der Waals surface area contributed by atoms with E-state index in [1.807, 2.05) is 31.2 Å². The van der Waals surface area contributed by atoms with Crippen LogP contribution in [0.3, 0.4) is 0 Å². The van der Waals surface area contributed by atoms with Gasteiger partial charge in [-0.25, -0.2) is 4.79 Å². The van der Waals surface area contributed by atoms with Crippen LogP contribution in [0.1, 0.15) is 62.4 Å². The molecule has 2 nitrogen and oxygen atoms in total. The zero-order valence-electron chi connectivity index (χ0n) is 13.1. The lowest BCUT2D eigenvalue weighted by Gasteiger charge is -2.40. The van der Waals surface area contributed by atoms with Crippen molar-refractivity contribution in [1.82, 2.24) is 0 Å². The van der Waals surface area contributed by atoms with E-state index in [1.165, 1.54) is 6.42 Å². The highest BCUT2D eigenvalue weighted by molar-refractivity contribution is 5.89. The molecule has 1 saturated carbocycles. The average Bonchev–Trinajstić information content (AvgIpc) is 2.39. The minimum Gasteiger partial charge on any atom is -0.459 e. The molecule has 0 bridgehead atoms. The number of hydrogen-bond acceptors (Lipinski definition) is 2. The monoisotopic (exact) mass is 274 g/mol. The van der Waals surface area contributed by atoms with Gasteiger partial charge in [-0.2, -0.15) is 0 Å². The van der Waals surface area contributed by atoms with Crippen molar-refractivity contribution in [2.24, 2.45) is 11.3 Å². The van der Waals surface area contributed by atoms with E-state index >= 15 is 0 Å². The molecule has 0 saturated heterocycles. The van der Waals surface area contributed by atoms with Gasteiger partial charge >= 0.3 is 5.97 Å². The lowest BCUT2D eigenvalue weighted by Crippen LogP contribution is -2.35. The Hall–Kier alpha value is -1.31.